The third kappa shape index (κ3) is 22.6. The highest BCUT2D eigenvalue weighted by molar-refractivity contribution is 5.98. The second kappa shape index (κ2) is 33.4. The SMILES string of the molecule is NC(N)=NCCC[C@H](NC(=O)[C@H](CCCN=C(N)N)NC(=O)[C@H](Cc1cnc[nH]1)NC(=O)[C@H](Cc1cnc[nH]1)NC(=O)[C@H](CCCN=C(N)N)NC(=O)[C@@H](N)Cc1cnc[nH]1)C(=O)N[C@@H](Cc1cnc[nH]1)C(=O)N[C@@H](Cc1cnc[nH]1)C(=O)O. The number of guanidine groups is 3. The first-order valence-corrected chi connectivity index (χ1v) is 26.4. The Morgan fingerprint density at radius 1 is 0.381 bits per heavy atom. The van der Waals surface area contributed by atoms with Gasteiger partial charge in [0.15, 0.2) is 17.9 Å². The summed E-state index contributed by atoms with van der Waals surface area (Å²) in [4.78, 5) is 158. The first kappa shape index (κ1) is 64.4. The van der Waals surface area contributed by atoms with E-state index >= 15 is 0 Å². The minimum Gasteiger partial charge on any atom is -0.480 e. The van der Waals surface area contributed by atoms with Crippen molar-refractivity contribution in [2.24, 2.45) is 55.1 Å². The Morgan fingerprint density at radius 3 is 0.881 bits per heavy atom. The molecule has 0 aromatic carbocycles. The van der Waals surface area contributed by atoms with Crippen molar-refractivity contribution >= 4 is 65.2 Å². The molecule has 84 heavy (non-hydrogen) atoms. The summed E-state index contributed by atoms with van der Waals surface area (Å²) in [7, 11) is 0. The molecule has 5 aromatic heterocycles. The van der Waals surface area contributed by atoms with Crippen LogP contribution in [0.4, 0.5) is 0 Å². The number of carbonyl (C=O) groups excluding carboxylic acids is 7. The first-order valence-electron chi connectivity index (χ1n) is 26.4. The molecule has 0 unspecified atom stereocenters. The van der Waals surface area contributed by atoms with Crippen LogP contribution in [0.2, 0.25) is 0 Å². The van der Waals surface area contributed by atoms with E-state index in [9.17, 15) is 43.5 Å². The normalized spacial score (nSPS) is 13.8. The molecule has 0 bridgehead atoms. The van der Waals surface area contributed by atoms with Crippen LogP contribution >= 0.6 is 0 Å². The van der Waals surface area contributed by atoms with Gasteiger partial charge in [0.2, 0.25) is 41.4 Å². The van der Waals surface area contributed by atoms with Crippen LogP contribution in [-0.4, -0.2) is 188 Å². The number of aromatic amines is 5. The number of aliphatic carboxylic acids is 1. The number of carboxylic acids is 1. The fourth-order valence-corrected chi connectivity index (χ4v) is 8.25. The molecule has 5 heterocycles. The molecule has 0 aliphatic heterocycles. The molecule has 0 aliphatic rings. The Hall–Kier alpha value is -10.4. The molecule has 0 spiro atoms. The Labute approximate surface area is 479 Å². The lowest BCUT2D eigenvalue weighted by Gasteiger charge is -2.28. The van der Waals surface area contributed by atoms with E-state index in [1.165, 1.54) is 62.6 Å². The summed E-state index contributed by atoms with van der Waals surface area (Å²) in [6.07, 6.45) is 13.2. The number of amides is 7. The third-order valence-electron chi connectivity index (χ3n) is 12.5. The van der Waals surface area contributed by atoms with Gasteiger partial charge in [-0.25, -0.2) is 29.7 Å². The minimum absolute atomic E-state index is 0.00101. The van der Waals surface area contributed by atoms with Crippen LogP contribution in [0.1, 0.15) is 67.0 Å². The average Bonchev–Trinajstić information content (AvgIpc) is 4.49. The highest BCUT2D eigenvalue weighted by atomic mass is 16.4. The van der Waals surface area contributed by atoms with E-state index in [1.54, 1.807) is 0 Å². The Bertz CT molecular complexity index is 2940. The molecule has 27 N–H and O–H groups in total. The quantitative estimate of drug-likeness (QED) is 0.00998. The molecular weight excluding hydrogens is 1100 g/mol. The summed E-state index contributed by atoms with van der Waals surface area (Å²) in [6.45, 7) is 0.0721. The number of rotatable bonds is 37. The van der Waals surface area contributed by atoms with Gasteiger partial charge in [0.25, 0.3) is 0 Å². The van der Waals surface area contributed by atoms with Crippen molar-refractivity contribution in [3.8, 4) is 0 Å². The van der Waals surface area contributed by atoms with E-state index in [-0.39, 0.29) is 108 Å². The van der Waals surface area contributed by atoms with Crippen molar-refractivity contribution in [2.45, 2.75) is 119 Å². The van der Waals surface area contributed by atoms with Crippen molar-refractivity contribution in [1.82, 2.24) is 87.1 Å². The molecule has 36 nitrogen and oxygen atoms in total. The molecule has 0 saturated heterocycles. The molecule has 8 atom stereocenters. The van der Waals surface area contributed by atoms with Gasteiger partial charge < -0.3 is 107 Å². The molecule has 5 rings (SSSR count). The molecule has 5 aromatic rings. The molecule has 0 saturated carbocycles. The Morgan fingerprint density at radius 2 is 0.619 bits per heavy atom. The second-order valence-corrected chi connectivity index (χ2v) is 19.1. The number of nitrogens with one attached hydrogen (secondary N) is 12. The van der Waals surface area contributed by atoms with Crippen LogP contribution in [0.25, 0.3) is 0 Å². The van der Waals surface area contributed by atoms with Gasteiger partial charge in [-0.1, -0.05) is 0 Å². The average molecular weight is 1170 g/mol. The summed E-state index contributed by atoms with van der Waals surface area (Å²) < 4.78 is 0. The number of aromatic nitrogens is 10. The van der Waals surface area contributed by atoms with Crippen LogP contribution in [0, 0.1) is 0 Å². The maximum absolute atomic E-state index is 14.7. The third-order valence-corrected chi connectivity index (χ3v) is 12.5. The number of aliphatic imine (C=N–C) groups is 3. The number of nitrogens with two attached hydrogens (primary N) is 7. The Kier molecular flexibility index (Phi) is 25.6. The number of nitrogens with zero attached hydrogens (tertiary/aromatic N) is 8. The molecule has 454 valence electrons. The van der Waals surface area contributed by atoms with Crippen molar-refractivity contribution in [2.75, 3.05) is 19.6 Å². The van der Waals surface area contributed by atoms with E-state index in [0.717, 1.165) is 0 Å². The van der Waals surface area contributed by atoms with Gasteiger partial charge >= 0.3 is 5.97 Å². The van der Waals surface area contributed by atoms with Crippen LogP contribution in [-0.2, 0) is 70.5 Å². The fraction of sp³-hybridized carbons (Fsp3) is 0.458. The zero-order chi connectivity index (χ0) is 61.0. The topological polar surface area (TPSA) is 604 Å². The minimum atomic E-state index is -1.51. The van der Waals surface area contributed by atoms with Crippen molar-refractivity contribution in [1.29, 1.82) is 0 Å². The predicted octanol–water partition coefficient (Wildman–Crippen LogP) is -7.22. The number of carboxylic acid groups (broad SMARTS) is 1. The lowest BCUT2D eigenvalue weighted by atomic mass is 10.0. The first-order chi connectivity index (χ1) is 40.2. The summed E-state index contributed by atoms with van der Waals surface area (Å²) in [5.41, 5.74) is 41.6. The van der Waals surface area contributed by atoms with Gasteiger partial charge in [-0.3, -0.25) is 48.5 Å². The molecule has 0 aliphatic carbocycles. The standard InChI is InChI=1S/C48H73N27O9/c49-30(10-25-15-56-20-64-25)38(76)69-31(4-1-7-61-46(50)51)40(78)72-35(12-27-17-58-22-66-27)43(81)74-34(11-26-16-57-21-65-26)42(80)71-32(5-2-8-62-47(52)53)39(77)70-33(6-3-9-63-48(54)55)41(79)73-36(13-28-18-59-23-67-28)44(82)75-37(45(83)84)14-29-19-60-24-68-29/h15-24,30-37H,1-14,49H2,(H,56,64)(H,57,65)(H,58,66)(H,59,67)(H,60,68)(H,69,76)(H,70,77)(H,71,80)(H,72,78)(H,73,79)(H,74,81)(H,75,82)(H,83,84)(H4,50,51,61)(H4,52,53,62)(H4,54,55,63)/t30-,31-,32-,33-,34-,35-,36-,37-/m0/s1. The van der Waals surface area contributed by atoms with Crippen molar-refractivity contribution in [3.63, 3.8) is 0 Å². The van der Waals surface area contributed by atoms with Crippen LogP contribution in [0.15, 0.2) is 77.6 Å². The number of hydrogen-bond donors (Lipinski definition) is 20. The highest BCUT2D eigenvalue weighted by Crippen LogP contribution is 2.11. The van der Waals surface area contributed by atoms with Gasteiger partial charge in [-0.05, 0) is 38.5 Å². The molecule has 0 fully saturated rings. The van der Waals surface area contributed by atoms with E-state index in [2.05, 4.69) is 102 Å². The largest absolute Gasteiger partial charge is 0.480 e. The molecule has 0 radical (unpaired) electrons. The van der Waals surface area contributed by atoms with E-state index in [4.69, 9.17) is 40.1 Å². The van der Waals surface area contributed by atoms with Gasteiger partial charge in [-0.2, -0.15) is 0 Å². The molecule has 36 heteroatoms. The smallest absolute Gasteiger partial charge is 0.326 e. The summed E-state index contributed by atoms with van der Waals surface area (Å²) in [6, 6.07) is -11.2. The van der Waals surface area contributed by atoms with Crippen molar-refractivity contribution < 1.29 is 43.5 Å². The summed E-state index contributed by atoms with van der Waals surface area (Å²) in [5, 5.41) is 28.5. The summed E-state index contributed by atoms with van der Waals surface area (Å²) >= 11 is 0. The lowest BCUT2D eigenvalue weighted by molar-refractivity contribution is -0.142. The number of carbonyl (C=O) groups is 8. The highest BCUT2D eigenvalue weighted by Gasteiger charge is 2.35. The predicted molar refractivity (Wildman–Crippen MR) is 300 cm³/mol. The fourth-order valence-electron chi connectivity index (χ4n) is 8.25. The Balaban J connectivity index is 1.41. The zero-order valence-electron chi connectivity index (χ0n) is 45.6. The maximum atomic E-state index is 14.7. The van der Waals surface area contributed by atoms with Gasteiger partial charge in [0.1, 0.15) is 42.3 Å². The second-order valence-electron chi connectivity index (χ2n) is 19.1. The van der Waals surface area contributed by atoms with E-state index < -0.39 is 95.7 Å². The van der Waals surface area contributed by atoms with Crippen LogP contribution < -0.4 is 77.4 Å². The number of hydrogen-bond acceptors (Lipinski definition) is 17. The number of H-pyrrole nitrogens is 5. The van der Waals surface area contributed by atoms with Gasteiger partial charge in [0.05, 0.1) is 37.7 Å². The van der Waals surface area contributed by atoms with Crippen molar-refractivity contribution in [3.05, 3.63) is 91.1 Å². The van der Waals surface area contributed by atoms with E-state index in [0.29, 0.717) is 28.5 Å². The monoisotopic (exact) mass is 1170 g/mol. The van der Waals surface area contributed by atoms with E-state index in [1.807, 2.05) is 0 Å². The van der Waals surface area contributed by atoms with Crippen LogP contribution in [0.5, 0.6) is 0 Å². The van der Waals surface area contributed by atoms with Gasteiger partial charge in [0, 0.05) is 111 Å². The number of imidazole rings is 5. The summed E-state index contributed by atoms with van der Waals surface area (Å²) in [5.74, 6) is -8.11. The lowest BCUT2D eigenvalue weighted by Crippen LogP contribution is -2.61. The molecule has 7 amide bonds. The maximum Gasteiger partial charge on any atom is 0.326 e. The van der Waals surface area contributed by atoms with Gasteiger partial charge in [-0.15, -0.1) is 0 Å². The zero-order valence-corrected chi connectivity index (χ0v) is 45.6. The molecular formula is C48H73N27O9. The van der Waals surface area contributed by atoms with Crippen LogP contribution in [0.3, 0.4) is 0 Å².